The highest BCUT2D eigenvalue weighted by Crippen LogP contribution is 2.32. The molecule has 2 aromatic rings. The van der Waals surface area contributed by atoms with Crippen LogP contribution in [-0.4, -0.2) is 78.1 Å². The van der Waals surface area contributed by atoms with E-state index in [4.69, 9.17) is 32.7 Å². The summed E-state index contributed by atoms with van der Waals surface area (Å²) in [6.07, 6.45) is -0.811. The molecule has 0 saturated carbocycles. The van der Waals surface area contributed by atoms with Crippen LogP contribution in [0.1, 0.15) is 49.5 Å². The molecule has 46 heavy (non-hydrogen) atoms. The number of fused-ring (bicyclic) bond motifs is 1. The van der Waals surface area contributed by atoms with Crippen molar-refractivity contribution in [3.8, 4) is 5.75 Å². The monoisotopic (exact) mass is 676 g/mol. The van der Waals surface area contributed by atoms with Crippen LogP contribution in [-0.2, 0) is 30.3 Å². The number of amides is 4. The number of anilines is 1. The number of carbonyl (C=O) groups excluding carboxylic acids is 5. The number of aromatic carboxylic acids is 1. The van der Waals surface area contributed by atoms with Crippen molar-refractivity contribution in [2.45, 2.75) is 57.7 Å². The van der Waals surface area contributed by atoms with Crippen LogP contribution < -0.4 is 25.6 Å². The molecular formula is C31H34Cl2N4O9. The van der Waals surface area contributed by atoms with Crippen LogP contribution in [0.15, 0.2) is 36.4 Å². The highest BCUT2D eigenvalue weighted by Gasteiger charge is 2.36. The number of alkyl carbamates (subject to hydrolysis) is 1. The van der Waals surface area contributed by atoms with E-state index in [9.17, 15) is 33.9 Å². The summed E-state index contributed by atoms with van der Waals surface area (Å²) in [5, 5.41) is 17.0. The number of nitrogens with one attached hydrogen (secondary N) is 3. The van der Waals surface area contributed by atoms with Gasteiger partial charge in [0.1, 0.15) is 30.5 Å². The topological polar surface area (TPSA) is 180 Å². The van der Waals surface area contributed by atoms with Gasteiger partial charge in [0.25, 0.3) is 5.91 Å². The van der Waals surface area contributed by atoms with Crippen LogP contribution in [0.25, 0.3) is 0 Å². The summed E-state index contributed by atoms with van der Waals surface area (Å²) in [7, 11) is 0. The lowest BCUT2D eigenvalue weighted by Gasteiger charge is -2.27. The summed E-state index contributed by atoms with van der Waals surface area (Å²) >= 11 is 12.3. The predicted molar refractivity (Wildman–Crippen MR) is 167 cm³/mol. The Hall–Kier alpha value is -4.36. The van der Waals surface area contributed by atoms with Gasteiger partial charge in [-0.3, -0.25) is 24.1 Å². The molecule has 3 atom stereocenters. The highest BCUT2D eigenvalue weighted by molar-refractivity contribution is 6.39. The normalized spacial score (nSPS) is 18.4. The molecule has 4 rings (SSSR count). The zero-order valence-corrected chi connectivity index (χ0v) is 26.9. The first-order chi connectivity index (χ1) is 21.6. The van der Waals surface area contributed by atoms with Gasteiger partial charge in [-0.25, -0.2) is 9.59 Å². The Bertz CT molecular complexity index is 1560. The predicted octanol–water partition coefficient (Wildman–Crippen LogP) is 3.13. The Kier molecular flexibility index (Phi) is 10.8. The van der Waals surface area contributed by atoms with Gasteiger partial charge in [0.2, 0.25) is 11.8 Å². The van der Waals surface area contributed by atoms with E-state index in [0.717, 1.165) is 4.90 Å². The summed E-state index contributed by atoms with van der Waals surface area (Å²) in [4.78, 5) is 78.5. The number of nitrogens with zero attached hydrogens (tertiary/aromatic N) is 1. The maximum atomic E-state index is 13.7. The lowest BCUT2D eigenvalue weighted by Crippen LogP contribution is -2.54. The number of ketones is 1. The number of para-hydroxylation sites is 2. The lowest BCUT2D eigenvalue weighted by molar-refractivity contribution is -0.129. The molecule has 246 valence electrons. The van der Waals surface area contributed by atoms with E-state index in [-0.39, 0.29) is 52.2 Å². The molecule has 2 aliphatic rings. The van der Waals surface area contributed by atoms with E-state index in [0.29, 0.717) is 18.7 Å². The van der Waals surface area contributed by atoms with Crippen molar-refractivity contribution in [3.05, 3.63) is 57.6 Å². The van der Waals surface area contributed by atoms with Gasteiger partial charge in [0.15, 0.2) is 5.78 Å². The maximum Gasteiger partial charge on any atom is 0.408 e. The number of hydrogen-bond donors (Lipinski definition) is 4. The molecule has 1 unspecified atom stereocenters. The summed E-state index contributed by atoms with van der Waals surface area (Å²) in [5.41, 5.74) is -0.749. The minimum Gasteiger partial charge on any atom is -0.489 e. The number of ether oxygens (including phenoxy) is 2. The van der Waals surface area contributed by atoms with Gasteiger partial charge in [0, 0.05) is 18.9 Å². The number of Topliss-reactive ketones (excluding diaryl/α,β-unsaturated/α-hetero) is 1. The molecular weight excluding hydrogens is 643 g/mol. The van der Waals surface area contributed by atoms with E-state index >= 15 is 0 Å². The smallest absolute Gasteiger partial charge is 0.408 e. The first-order valence-corrected chi connectivity index (χ1v) is 15.2. The average Bonchev–Trinajstić information content (AvgIpc) is 3.32. The fourth-order valence-corrected chi connectivity index (χ4v) is 5.72. The largest absolute Gasteiger partial charge is 0.489 e. The van der Waals surface area contributed by atoms with Crippen LogP contribution in [0.4, 0.5) is 10.5 Å². The van der Waals surface area contributed by atoms with Gasteiger partial charge in [-0.1, -0.05) is 41.4 Å². The zero-order valence-electron chi connectivity index (χ0n) is 25.4. The Morgan fingerprint density at radius 1 is 1.13 bits per heavy atom. The number of carbonyl (C=O) groups is 6. The van der Waals surface area contributed by atoms with Gasteiger partial charge in [-0.15, -0.1) is 0 Å². The molecule has 0 aliphatic carbocycles. The molecule has 2 aliphatic heterocycles. The summed E-state index contributed by atoms with van der Waals surface area (Å²) < 4.78 is 11.1. The van der Waals surface area contributed by atoms with Crippen molar-refractivity contribution in [1.29, 1.82) is 0 Å². The highest BCUT2D eigenvalue weighted by atomic mass is 35.5. The van der Waals surface area contributed by atoms with Gasteiger partial charge >= 0.3 is 12.1 Å². The first-order valence-electron chi connectivity index (χ1n) is 14.5. The fraction of sp³-hybridized carbons (Fsp3) is 0.419. The number of carboxylic acid groups (broad SMARTS) is 1. The second-order valence-electron chi connectivity index (χ2n) is 11.9. The van der Waals surface area contributed by atoms with Crippen LogP contribution in [0.2, 0.25) is 10.0 Å². The van der Waals surface area contributed by atoms with Crippen molar-refractivity contribution < 1.29 is 43.3 Å². The van der Waals surface area contributed by atoms with Gasteiger partial charge < -0.3 is 30.5 Å². The van der Waals surface area contributed by atoms with E-state index in [1.807, 2.05) is 0 Å². The van der Waals surface area contributed by atoms with Gasteiger partial charge in [0.05, 0.1) is 27.3 Å². The molecule has 4 amide bonds. The summed E-state index contributed by atoms with van der Waals surface area (Å²) in [6, 6.07) is 6.84. The molecule has 13 nitrogen and oxygen atoms in total. The molecule has 0 spiro atoms. The number of carboxylic acids is 1. The standard InChI is InChI=1S/C31H34Cl2N4O9/c1-31(2,3)46-30(44)36-20-15-45-23-7-5-4-6-21(23)37(28(20)41)14-24(39)35-19(12-17-10-11-34-27(17)40)22(38)13-16-8-9-18(32)25(26(16)33)29(42)43/h4-9,17,19-20H,10-15H2,1-3H3,(H,34,40)(H,35,39)(H,36,44)(H,42,43)/t17-,19?,20-/m0/s1. The Balaban J connectivity index is 1.57. The van der Waals surface area contributed by atoms with E-state index in [1.165, 1.54) is 12.1 Å². The third-order valence-electron chi connectivity index (χ3n) is 7.27. The van der Waals surface area contributed by atoms with Crippen molar-refractivity contribution in [1.82, 2.24) is 16.0 Å². The van der Waals surface area contributed by atoms with E-state index < -0.39 is 59.8 Å². The van der Waals surface area contributed by atoms with Gasteiger partial charge in [-0.05, 0) is 57.4 Å². The molecule has 0 aromatic heterocycles. The third kappa shape index (κ3) is 8.46. The summed E-state index contributed by atoms with van der Waals surface area (Å²) in [5.74, 6) is -3.84. The summed E-state index contributed by atoms with van der Waals surface area (Å²) in [6.45, 7) is 4.63. The number of benzene rings is 2. The molecule has 2 aromatic carbocycles. The van der Waals surface area contributed by atoms with E-state index in [1.54, 1.807) is 45.0 Å². The maximum absolute atomic E-state index is 13.7. The molecule has 1 saturated heterocycles. The second-order valence-corrected chi connectivity index (χ2v) is 12.7. The quantitative estimate of drug-likeness (QED) is 0.294. The van der Waals surface area contributed by atoms with Gasteiger partial charge in [-0.2, -0.15) is 0 Å². The zero-order chi connectivity index (χ0) is 33.8. The van der Waals surface area contributed by atoms with Crippen LogP contribution in [0.5, 0.6) is 5.75 Å². The third-order valence-corrected chi connectivity index (χ3v) is 8.02. The molecule has 0 radical (unpaired) electrons. The fourth-order valence-electron chi connectivity index (χ4n) is 5.12. The van der Waals surface area contributed by atoms with Crippen molar-refractivity contribution in [2.75, 3.05) is 24.6 Å². The van der Waals surface area contributed by atoms with Crippen LogP contribution >= 0.6 is 23.2 Å². The van der Waals surface area contributed by atoms with E-state index in [2.05, 4.69) is 16.0 Å². The first kappa shape index (κ1) is 34.5. The molecule has 0 bridgehead atoms. The van der Waals surface area contributed by atoms with Crippen molar-refractivity contribution in [2.24, 2.45) is 5.92 Å². The number of halogens is 2. The second kappa shape index (κ2) is 14.4. The number of hydrogen-bond acceptors (Lipinski definition) is 8. The molecule has 2 heterocycles. The Morgan fingerprint density at radius 2 is 1.85 bits per heavy atom. The minimum atomic E-state index is -1.37. The molecule has 4 N–H and O–H groups in total. The van der Waals surface area contributed by atoms with Crippen molar-refractivity contribution >= 4 is 64.5 Å². The van der Waals surface area contributed by atoms with Crippen LogP contribution in [0.3, 0.4) is 0 Å². The Labute approximate surface area is 274 Å². The molecule has 1 fully saturated rings. The minimum absolute atomic E-state index is 0.0378. The molecule has 15 heteroatoms. The SMILES string of the molecule is CC(C)(C)OC(=O)N[C@H]1COc2ccccc2N(CC(=O)NC(C[C@@H]2CCNC2=O)C(=O)Cc2ccc(Cl)c(C(=O)O)c2Cl)C1=O. The lowest BCUT2D eigenvalue weighted by atomic mass is 9.92. The number of rotatable bonds is 10. The van der Waals surface area contributed by atoms with Crippen LogP contribution in [0, 0.1) is 5.92 Å². The average molecular weight is 678 g/mol. The Morgan fingerprint density at radius 3 is 2.50 bits per heavy atom. The van der Waals surface area contributed by atoms with Crippen molar-refractivity contribution in [3.63, 3.8) is 0 Å².